The van der Waals surface area contributed by atoms with Crippen LogP contribution in [0.5, 0.6) is 0 Å². The largest absolute Gasteiger partial charge is 0.389 e. The first-order valence-electron chi connectivity index (χ1n) is 4.94. The summed E-state index contributed by atoms with van der Waals surface area (Å²) < 4.78 is 0. The van der Waals surface area contributed by atoms with Gasteiger partial charge in [0.2, 0.25) is 0 Å². The van der Waals surface area contributed by atoms with Crippen molar-refractivity contribution >= 4 is 0 Å². The molecule has 0 aromatic rings. The maximum atomic E-state index is 9.82. The number of piperidine rings is 1. The van der Waals surface area contributed by atoms with E-state index in [1.54, 1.807) is 0 Å². The number of nitrogens with zero attached hydrogens (tertiary/aromatic N) is 1. The predicted octanol–water partition coefficient (Wildman–Crippen LogP) is 1.49. The van der Waals surface area contributed by atoms with Crippen LogP contribution >= 0.6 is 0 Å². The Bertz CT molecular complexity index is 143. The summed E-state index contributed by atoms with van der Waals surface area (Å²) in [6, 6.07) is 0. The zero-order valence-electron chi connectivity index (χ0n) is 8.51. The first kappa shape index (κ1) is 10.0. The second-order valence-electron chi connectivity index (χ2n) is 4.73. The molecule has 1 rings (SSSR count). The lowest BCUT2D eigenvalue weighted by Crippen LogP contribution is -2.47. The fraction of sp³-hybridized carbons (Fsp3) is 1.00. The van der Waals surface area contributed by atoms with Crippen molar-refractivity contribution in [3.05, 3.63) is 0 Å². The molecule has 12 heavy (non-hydrogen) atoms. The van der Waals surface area contributed by atoms with Crippen LogP contribution in [0.3, 0.4) is 0 Å². The van der Waals surface area contributed by atoms with Gasteiger partial charge in [0, 0.05) is 13.1 Å². The molecule has 1 fully saturated rings. The molecule has 0 unspecified atom stereocenters. The molecule has 1 atom stereocenters. The molecule has 0 radical (unpaired) electrons. The van der Waals surface area contributed by atoms with E-state index in [1.807, 2.05) is 6.92 Å². The molecule has 0 aliphatic carbocycles. The Kier molecular flexibility index (Phi) is 3.13. The van der Waals surface area contributed by atoms with Crippen LogP contribution in [-0.4, -0.2) is 35.2 Å². The minimum atomic E-state index is -0.437. The first-order valence-corrected chi connectivity index (χ1v) is 4.94. The van der Waals surface area contributed by atoms with Gasteiger partial charge < -0.3 is 10.0 Å². The SMILES string of the molecule is CC(C)CN1CCC[C@](C)(O)C1. The Morgan fingerprint density at radius 1 is 1.50 bits per heavy atom. The van der Waals surface area contributed by atoms with Crippen LogP contribution in [0.2, 0.25) is 0 Å². The molecule has 0 aromatic carbocycles. The van der Waals surface area contributed by atoms with E-state index in [1.165, 1.54) is 0 Å². The summed E-state index contributed by atoms with van der Waals surface area (Å²) in [5.41, 5.74) is -0.437. The molecule has 0 bridgehead atoms. The number of β-amino-alcohol motifs (C(OH)–C–C–N with tert-alkyl or cyclic N) is 1. The first-order chi connectivity index (χ1) is 5.49. The molecule has 2 nitrogen and oxygen atoms in total. The van der Waals surface area contributed by atoms with Crippen molar-refractivity contribution in [1.29, 1.82) is 0 Å². The van der Waals surface area contributed by atoms with E-state index < -0.39 is 5.60 Å². The number of likely N-dealkylation sites (tertiary alicyclic amines) is 1. The van der Waals surface area contributed by atoms with Gasteiger partial charge in [0.25, 0.3) is 0 Å². The van der Waals surface area contributed by atoms with Gasteiger partial charge in [-0.25, -0.2) is 0 Å². The van der Waals surface area contributed by atoms with E-state index in [0.29, 0.717) is 5.92 Å². The van der Waals surface area contributed by atoms with Crippen LogP contribution in [0.25, 0.3) is 0 Å². The fourth-order valence-corrected chi connectivity index (χ4v) is 2.00. The quantitative estimate of drug-likeness (QED) is 0.680. The van der Waals surface area contributed by atoms with Gasteiger partial charge in [-0.15, -0.1) is 0 Å². The molecule has 0 spiro atoms. The van der Waals surface area contributed by atoms with E-state index >= 15 is 0 Å². The summed E-state index contributed by atoms with van der Waals surface area (Å²) in [6.45, 7) is 9.53. The third kappa shape index (κ3) is 3.11. The lowest BCUT2D eigenvalue weighted by Gasteiger charge is -2.37. The minimum absolute atomic E-state index is 0.437. The van der Waals surface area contributed by atoms with E-state index in [-0.39, 0.29) is 0 Å². The van der Waals surface area contributed by atoms with Crippen molar-refractivity contribution in [2.24, 2.45) is 5.92 Å². The van der Waals surface area contributed by atoms with Gasteiger partial charge in [0.15, 0.2) is 0 Å². The Labute approximate surface area is 75.6 Å². The van der Waals surface area contributed by atoms with Crippen LogP contribution in [-0.2, 0) is 0 Å². The second-order valence-corrected chi connectivity index (χ2v) is 4.73. The van der Waals surface area contributed by atoms with Crippen molar-refractivity contribution in [3.63, 3.8) is 0 Å². The summed E-state index contributed by atoms with van der Waals surface area (Å²) in [6.07, 6.45) is 2.10. The van der Waals surface area contributed by atoms with Crippen molar-refractivity contribution in [3.8, 4) is 0 Å². The molecule has 72 valence electrons. The van der Waals surface area contributed by atoms with Gasteiger partial charge in [0.05, 0.1) is 5.60 Å². The number of hydrogen-bond acceptors (Lipinski definition) is 2. The Hall–Kier alpha value is -0.0800. The van der Waals surface area contributed by atoms with Crippen molar-refractivity contribution in [2.45, 2.75) is 39.2 Å². The standard InChI is InChI=1S/C10H21NO/c1-9(2)7-11-6-4-5-10(3,12)8-11/h9,12H,4-8H2,1-3H3/t10-/m0/s1. The van der Waals surface area contributed by atoms with Gasteiger partial charge in [-0.05, 0) is 32.2 Å². The fourth-order valence-electron chi connectivity index (χ4n) is 2.00. The molecule has 0 aromatic heterocycles. The maximum absolute atomic E-state index is 9.82. The van der Waals surface area contributed by atoms with E-state index in [0.717, 1.165) is 32.5 Å². The van der Waals surface area contributed by atoms with E-state index in [9.17, 15) is 5.11 Å². The van der Waals surface area contributed by atoms with Crippen LogP contribution in [0.1, 0.15) is 33.6 Å². The average molecular weight is 171 g/mol. The third-order valence-corrected chi connectivity index (χ3v) is 2.38. The monoisotopic (exact) mass is 171 g/mol. The van der Waals surface area contributed by atoms with Crippen LogP contribution < -0.4 is 0 Å². The number of rotatable bonds is 2. The Balaban J connectivity index is 2.36. The van der Waals surface area contributed by atoms with Gasteiger partial charge in [-0.3, -0.25) is 0 Å². The summed E-state index contributed by atoms with van der Waals surface area (Å²) in [5, 5.41) is 9.82. The summed E-state index contributed by atoms with van der Waals surface area (Å²) in [5.74, 6) is 0.707. The molecule has 1 N–H and O–H groups in total. The maximum Gasteiger partial charge on any atom is 0.0746 e. The predicted molar refractivity (Wildman–Crippen MR) is 51.1 cm³/mol. The topological polar surface area (TPSA) is 23.5 Å². The number of hydrogen-bond donors (Lipinski definition) is 1. The van der Waals surface area contributed by atoms with E-state index in [2.05, 4.69) is 18.7 Å². The van der Waals surface area contributed by atoms with Crippen molar-refractivity contribution in [1.82, 2.24) is 4.90 Å². The lowest BCUT2D eigenvalue weighted by molar-refractivity contribution is -0.0185. The molecule has 1 aliphatic heterocycles. The molecular weight excluding hydrogens is 150 g/mol. The summed E-state index contributed by atoms with van der Waals surface area (Å²) >= 11 is 0. The average Bonchev–Trinajstić information content (AvgIpc) is 1.82. The molecule has 1 aliphatic rings. The summed E-state index contributed by atoms with van der Waals surface area (Å²) in [4.78, 5) is 2.37. The van der Waals surface area contributed by atoms with Crippen molar-refractivity contribution in [2.75, 3.05) is 19.6 Å². The Morgan fingerprint density at radius 3 is 2.67 bits per heavy atom. The molecule has 1 saturated heterocycles. The third-order valence-electron chi connectivity index (χ3n) is 2.38. The van der Waals surface area contributed by atoms with Crippen LogP contribution in [0.15, 0.2) is 0 Å². The minimum Gasteiger partial charge on any atom is -0.389 e. The van der Waals surface area contributed by atoms with Gasteiger partial charge >= 0.3 is 0 Å². The molecule has 1 heterocycles. The highest BCUT2D eigenvalue weighted by Gasteiger charge is 2.28. The molecule has 0 amide bonds. The van der Waals surface area contributed by atoms with Crippen molar-refractivity contribution < 1.29 is 5.11 Å². The smallest absolute Gasteiger partial charge is 0.0746 e. The van der Waals surface area contributed by atoms with Crippen LogP contribution in [0, 0.1) is 5.92 Å². The normalized spacial score (nSPS) is 32.8. The zero-order valence-corrected chi connectivity index (χ0v) is 8.51. The zero-order chi connectivity index (χ0) is 9.19. The van der Waals surface area contributed by atoms with Gasteiger partial charge in [0.1, 0.15) is 0 Å². The van der Waals surface area contributed by atoms with Crippen LogP contribution in [0.4, 0.5) is 0 Å². The lowest BCUT2D eigenvalue weighted by atomic mass is 9.94. The highest BCUT2D eigenvalue weighted by molar-refractivity contribution is 4.82. The molecule has 2 heteroatoms. The Morgan fingerprint density at radius 2 is 2.17 bits per heavy atom. The summed E-state index contributed by atoms with van der Waals surface area (Å²) in [7, 11) is 0. The van der Waals surface area contributed by atoms with E-state index in [4.69, 9.17) is 0 Å². The highest BCUT2D eigenvalue weighted by Crippen LogP contribution is 2.20. The highest BCUT2D eigenvalue weighted by atomic mass is 16.3. The number of aliphatic hydroxyl groups is 1. The van der Waals surface area contributed by atoms with Gasteiger partial charge in [-0.1, -0.05) is 13.8 Å². The second kappa shape index (κ2) is 3.75. The molecule has 0 saturated carbocycles. The molecular formula is C10H21NO. The van der Waals surface area contributed by atoms with Gasteiger partial charge in [-0.2, -0.15) is 0 Å².